The molecule has 0 saturated heterocycles. The second-order valence-electron chi connectivity index (χ2n) is 8.23. The van der Waals surface area contributed by atoms with Crippen molar-refractivity contribution >= 4 is 23.4 Å². The first-order chi connectivity index (χ1) is 16.8. The van der Waals surface area contributed by atoms with E-state index in [2.05, 4.69) is 4.98 Å². The predicted molar refractivity (Wildman–Crippen MR) is 131 cm³/mol. The van der Waals surface area contributed by atoms with E-state index in [1.165, 1.54) is 4.57 Å². The fourth-order valence-corrected chi connectivity index (χ4v) is 3.36. The van der Waals surface area contributed by atoms with E-state index in [-0.39, 0.29) is 37.1 Å². The Hall–Kier alpha value is -4.34. The van der Waals surface area contributed by atoms with Crippen LogP contribution in [-0.2, 0) is 20.9 Å². The van der Waals surface area contributed by atoms with Crippen LogP contribution in [0, 0.1) is 5.92 Å². The first kappa shape index (κ1) is 25.3. The van der Waals surface area contributed by atoms with Gasteiger partial charge in [0.15, 0.2) is 18.9 Å². The number of H-pyrrole nitrogens is 1. The summed E-state index contributed by atoms with van der Waals surface area (Å²) in [5.41, 5.74) is 5.36. The number of rotatable bonds is 10. The van der Waals surface area contributed by atoms with Crippen molar-refractivity contribution < 1.29 is 19.1 Å². The normalized spacial score (nSPS) is 10.7. The Labute approximate surface area is 201 Å². The van der Waals surface area contributed by atoms with Crippen LogP contribution in [0.15, 0.2) is 70.3 Å². The number of hydrogen-bond donors (Lipinski definition) is 2. The van der Waals surface area contributed by atoms with Gasteiger partial charge in [-0.25, -0.2) is 9.59 Å². The summed E-state index contributed by atoms with van der Waals surface area (Å²) in [6.07, 6.45) is 0. The number of hydrogen-bond acceptors (Lipinski definition) is 7. The van der Waals surface area contributed by atoms with Crippen molar-refractivity contribution in [3.05, 3.63) is 87.1 Å². The number of amides is 1. The van der Waals surface area contributed by atoms with Crippen molar-refractivity contribution in [1.82, 2.24) is 9.55 Å². The fourth-order valence-electron chi connectivity index (χ4n) is 3.36. The van der Waals surface area contributed by atoms with E-state index in [1.807, 2.05) is 50.2 Å². The molecule has 0 saturated carbocycles. The van der Waals surface area contributed by atoms with E-state index in [0.29, 0.717) is 5.75 Å². The third-order valence-electron chi connectivity index (χ3n) is 4.97. The minimum absolute atomic E-state index is 0.0515. The molecule has 0 unspecified atom stereocenters. The number of benzene rings is 2. The molecule has 10 heteroatoms. The van der Waals surface area contributed by atoms with Gasteiger partial charge in [-0.05, 0) is 23.6 Å². The van der Waals surface area contributed by atoms with Gasteiger partial charge in [0.2, 0.25) is 0 Å². The molecule has 184 valence electrons. The maximum absolute atomic E-state index is 13.0. The number of carbonyl (C=O) groups is 2. The van der Waals surface area contributed by atoms with E-state index in [0.717, 1.165) is 10.5 Å². The molecule has 0 aliphatic rings. The Morgan fingerprint density at radius 3 is 2.26 bits per heavy atom. The Kier molecular flexibility index (Phi) is 8.44. The molecule has 2 aromatic carbocycles. The van der Waals surface area contributed by atoms with E-state index >= 15 is 0 Å². The number of nitrogens with one attached hydrogen (secondary N) is 1. The Balaban J connectivity index is 1.79. The van der Waals surface area contributed by atoms with Crippen molar-refractivity contribution in [3.8, 4) is 5.75 Å². The largest absolute Gasteiger partial charge is 0.482 e. The molecule has 1 amide bonds. The highest BCUT2D eigenvalue weighted by atomic mass is 16.6. The van der Waals surface area contributed by atoms with Gasteiger partial charge in [0, 0.05) is 6.54 Å². The second kappa shape index (κ2) is 11.7. The molecule has 0 atom stereocenters. The average Bonchev–Trinajstić information content (AvgIpc) is 2.84. The zero-order valence-corrected chi connectivity index (χ0v) is 19.6. The smallest absolute Gasteiger partial charge is 0.344 e. The number of carbonyl (C=O) groups excluding carboxylic acids is 2. The van der Waals surface area contributed by atoms with Gasteiger partial charge in [-0.2, -0.15) is 0 Å². The summed E-state index contributed by atoms with van der Waals surface area (Å²) < 4.78 is 11.6. The zero-order valence-electron chi connectivity index (χ0n) is 19.6. The lowest BCUT2D eigenvalue weighted by Crippen LogP contribution is -2.44. The molecule has 3 N–H and O–H groups in total. The molecule has 0 aliphatic carbocycles. The molecule has 0 radical (unpaired) electrons. The molecule has 3 rings (SSSR count). The monoisotopic (exact) mass is 480 g/mol. The van der Waals surface area contributed by atoms with E-state index in [9.17, 15) is 19.2 Å². The van der Waals surface area contributed by atoms with Crippen LogP contribution >= 0.6 is 0 Å². The highest BCUT2D eigenvalue weighted by Gasteiger charge is 2.26. The molecule has 1 heterocycles. The first-order valence-corrected chi connectivity index (χ1v) is 11.1. The molecule has 0 fully saturated rings. The highest BCUT2D eigenvalue weighted by Crippen LogP contribution is 2.19. The molecule has 0 bridgehead atoms. The number of nitrogens with zero attached hydrogens (tertiary/aromatic N) is 2. The summed E-state index contributed by atoms with van der Waals surface area (Å²) in [5, 5.41) is 0. The molecule has 1 aromatic heterocycles. The molecule has 10 nitrogen and oxygen atoms in total. The lowest BCUT2D eigenvalue weighted by atomic mass is 10.2. The summed E-state index contributed by atoms with van der Waals surface area (Å²) in [7, 11) is 0. The summed E-state index contributed by atoms with van der Waals surface area (Å²) in [5.74, 6) is -1.13. The number of aromatic amines is 1. The maximum atomic E-state index is 13.0. The summed E-state index contributed by atoms with van der Waals surface area (Å²) >= 11 is 0. The van der Waals surface area contributed by atoms with Crippen LogP contribution in [0.4, 0.5) is 11.5 Å². The predicted octanol–water partition coefficient (Wildman–Crippen LogP) is 1.78. The number of aromatic nitrogens is 2. The molecular weight excluding hydrogens is 452 g/mol. The van der Waals surface area contributed by atoms with Gasteiger partial charge in [-0.3, -0.25) is 19.1 Å². The summed E-state index contributed by atoms with van der Waals surface area (Å²) in [4.78, 5) is 53.7. The van der Waals surface area contributed by atoms with Gasteiger partial charge in [0.05, 0.1) is 6.54 Å². The fraction of sp³-hybridized carbons (Fsp3) is 0.280. The Morgan fingerprint density at radius 1 is 1.00 bits per heavy atom. The van der Waals surface area contributed by atoms with Crippen LogP contribution in [0.5, 0.6) is 5.75 Å². The van der Waals surface area contributed by atoms with Gasteiger partial charge < -0.3 is 20.1 Å². The highest BCUT2D eigenvalue weighted by molar-refractivity contribution is 5.97. The molecule has 0 aliphatic heterocycles. The zero-order chi connectivity index (χ0) is 25.4. The molecule has 3 aromatic rings. The second-order valence-corrected chi connectivity index (χ2v) is 8.23. The molecule has 35 heavy (non-hydrogen) atoms. The van der Waals surface area contributed by atoms with E-state index in [1.54, 1.807) is 24.3 Å². The van der Waals surface area contributed by atoms with Crippen LogP contribution < -0.4 is 26.6 Å². The van der Waals surface area contributed by atoms with Crippen molar-refractivity contribution in [2.24, 2.45) is 5.92 Å². The van der Waals surface area contributed by atoms with Gasteiger partial charge in [-0.1, -0.05) is 62.4 Å². The number of para-hydroxylation sites is 1. The van der Waals surface area contributed by atoms with Crippen molar-refractivity contribution in [2.45, 2.75) is 20.4 Å². The number of esters is 1. The first-order valence-electron chi connectivity index (χ1n) is 11.1. The number of nitrogens with two attached hydrogens (primary N) is 1. The van der Waals surface area contributed by atoms with Crippen molar-refractivity contribution in [1.29, 1.82) is 0 Å². The minimum Gasteiger partial charge on any atom is -0.482 e. The molecule has 0 spiro atoms. The standard InChI is InChI=1S/C25H28N4O6/c1-17(2)13-28(20(30)15-35-21(31)16-34-19-11-7-4-8-12-19)22-23(26)29(25(33)27-24(22)32)14-18-9-5-3-6-10-18/h3-12,17H,13-16,26H2,1-2H3,(H,27,32,33). The minimum atomic E-state index is -0.801. The van der Waals surface area contributed by atoms with Crippen molar-refractivity contribution in [2.75, 3.05) is 30.4 Å². The summed E-state index contributed by atoms with van der Waals surface area (Å²) in [6, 6.07) is 17.8. The van der Waals surface area contributed by atoms with E-state index in [4.69, 9.17) is 15.2 Å². The van der Waals surface area contributed by atoms with Gasteiger partial charge in [0.25, 0.3) is 11.5 Å². The van der Waals surface area contributed by atoms with Crippen LogP contribution in [0.2, 0.25) is 0 Å². The number of anilines is 2. The molecular formula is C25H28N4O6. The third-order valence-corrected chi connectivity index (χ3v) is 4.97. The lowest BCUT2D eigenvalue weighted by molar-refractivity contribution is -0.149. The summed E-state index contributed by atoms with van der Waals surface area (Å²) in [6.45, 7) is 2.92. The van der Waals surface area contributed by atoms with Gasteiger partial charge >= 0.3 is 11.7 Å². The maximum Gasteiger partial charge on any atom is 0.344 e. The van der Waals surface area contributed by atoms with Crippen molar-refractivity contribution in [3.63, 3.8) is 0 Å². The number of ether oxygens (including phenoxy) is 2. The third kappa shape index (κ3) is 6.83. The Bertz CT molecular complexity index is 1270. The van der Waals surface area contributed by atoms with Gasteiger partial charge in [-0.15, -0.1) is 0 Å². The SMILES string of the molecule is CC(C)CN(C(=O)COC(=O)COc1ccccc1)c1c(N)n(Cc2ccccc2)c(=O)[nH]c1=O. The Morgan fingerprint density at radius 2 is 1.63 bits per heavy atom. The van der Waals surface area contributed by atoms with Crippen LogP contribution in [0.1, 0.15) is 19.4 Å². The average molecular weight is 481 g/mol. The lowest BCUT2D eigenvalue weighted by Gasteiger charge is -2.26. The topological polar surface area (TPSA) is 137 Å². The van der Waals surface area contributed by atoms with Gasteiger partial charge in [0.1, 0.15) is 11.6 Å². The van der Waals surface area contributed by atoms with Crippen LogP contribution in [0.25, 0.3) is 0 Å². The number of nitrogen functional groups attached to an aromatic ring is 1. The van der Waals surface area contributed by atoms with E-state index < -0.39 is 29.7 Å². The van der Waals surface area contributed by atoms with Crippen LogP contribution in [-0.4, -0.2) is 41.2 Å². The quantitative estimate of drug-likeness (QED) is 0.422. The van der Waals surface area contributed by atoms with Crippen LogP contribution in [0.3, 0.4) is 0 Å².